The van der Waals surface area contributed by atoms with E-state index in [2.05, 4.69) is 18.5 Å². The summed E-state index contributed by atoms with van der Waals surface area (Å²) < 4.78 is 0. The molecule has 0 aliphatic rings. The van der Waals surface area contributed by atoms with E-state index in [1.807, 2.05) is 12.4 Å². The predicted octanol–water partition coefficient (Wildman–Crippen LogP) is 2.28. The van der Waals surface area contributed by atoms with Crippen LogP contribution in [-0.2, 0) is 0 Å². The van der Waals surface area contributed by atoms with Gasteiger partial charge in [-0.05, 0) is 25.0 Å². The highest BCUT2D eigenvalue weighted by Gasteiger charge is 1.86. The van der Waals surface area contributed by atoms with Gasteiger partial charge >= 0.3 is 0 Å². The smallest absolute Gasteiger partial charge is 0.0296 e. The van der Waals surface area contributed by atoms with E-state index in [9.17, 15) is 0 Å². The average molecular weight is 166 g/mol. The van der Waals surface area contributed by atoms with Crippen LogP contribution in [0, 0.1) is 0 Å². The Kier molecular flexibility index (Phi) is 7.60. The number of hydrogen-bond donors (Lipinski definition) is 1. The van der Waals surface area contributed by atoms with Crippen molar-refractivity contribution in [2.45, 2.75) is 26.2 Å². The van der Waals surface area contributed by atoms with Crippen molar-refractivity contribution in [1.82, 2.24) is 0 Å². The minimum Gasteiger partial charge on any atom is -0.330 e. The van der Waals surface area contributed by atoms with Gasteiger partial charge in [-0.2, -0.15) is 0 Å². The third-order valence-electron chi connectivity index (χ3n) is 1.46. The van der Waals surface area contributed by atoms with Gasteiger partial charge in [-0.15, -0.1) is 0 Å². The maximum atomic E-state index is 5.39. The molecule has 0 bridgehead atoms. The molecule has 12 heavy (non-hydrogen) atoms. The normalized spacial score (nSPS) is 12.3. The molecule has 0 saturated heterocycles. The number of rotatable bonds is 6. The summed E-state index contributed by atoms with van der Waals surface area (Å²) in [5, 5.41) is 0. The molecule has 0 heterocycles. The Bertz CT molecular complexity index is 169. The van der Waals surface area contributed by atoms with Crippen molar-refractivity contribution < 1.29 is 0 Å². The molecule has 2 N–H and O–H groups in total. The number of unbranched alkanes of at least 4 members (excludes halogenated alkanes) is 1. The van der Waals surface area contributed by atoms with Crippen molar-refractivity contribution >= 4 is 6.21 Å². The summed E-state index contributed by atoms with van der Waals surface area (Å²) in [5.41, 5.74) is 6.50. The summed E-state index contributed by atoms with van der Waals surface area (Å²) in [7, 11) is 0. The van der Waals surface area contributed by atoms with Gasteiger partial charge in [0.1, 0.15) is 0 Å². The molecule has 68 valence electrons. The van der Waals surface area contributed by atoms with Gasteiger partial charge in [0.15, 0.2) is 0 Å². The lowest BCUT2D eigenvalue weighted by Gasteiger charge is -1.94. The fraction of sp³-hybridized carbons (Fsp3) is 0.500. The fourth-order valence-electron chi connectivity index (χ4n) is 0.738. The molecule has 0 spiro atoms. The zero-order chi connectivity index (χ0) is 9.23. The molecule has 0 fully saturated rings. The lowest BCUT2D eigenvalue weighted by Crippen LogP contribution is -1.98. The Labute approximate surface area is 74.9 Å². The first-order valence-electron chi connectivity index (χ1n) is 4.38. The summed E-state index contributed by atoms with van der Waals surface area (Å²) >= 11 is 0. The van der Waals surface area contributed by atoms with Gasteiger partial charge in [-0.25, -0.2) is 0 Å². The van der Waals surface area contributed by atoms with Gasteiger partial charge in [0, 0.05) is 12.4 Å². The van der Waals surface area contributed by atoms with Crippen LogP contribution in [0.25, 0.3) is 0 Å². The molecule has 0 amide bonds. The molecule has 0 aromatic carbocycles. The molecule has 2 nitrogen and oxygen atoms in total. The largest absolute Gasteiger partial charge is 0.330 e. The number of nitrogens with zero attached hydrogens (tertiary/aromatic N) is 1. The standard InChI is InChI=1S/C10H18N2/c1-3-5-8-12-9-10(4-2)6-7-11/h4,8-9H,2-3,5-7,11H2,1H3/b10-9+,12-8?. The zero-order valence-corrected chi connectivity index (χ0v) is 7.79. The molecule has 0 unspecified atom stereocenters. The monoisotopic (exact) mass is 166 g/mol. The number of nitrogens with two attached hydrogens (primary N) is 1. The fourth-order valence-corrected chi connectivity index (χ4v) is 0.738. The van der Waals surface area contributed by atoms with Gasteiger partial charge in [0.05, 0.1) is 0 Å². The summed E-state index contributed by atoms with van der Waals surface area (Å²) in [6.07, 6.45) is 8.57. The van der Waals surface area contributed by atoms with E-state index in [1.54, 1.807) is 6.08 Å². The molecule has 0 saturated carbocycles. The first-order chi connectivity index (χ1) is 5.85. The molecule has 2 heteroatoms. The van der Waals surface area contributed by atoms with Gasteiger partial charge < -0.3 is 5.73 Å². The Hall–Kier alpha value is -0.890. The Morgan fingerprint density at radius 3 is 2.83 bits per heavy atom. The number of allylic oxidation sites excluding steroid dienone is 1. The second-order valence-corrected chi connectivity index (χ2v) is 2.57. The van der Waals surface area contributed by atoms with Gasteiger partial charge in [-0.1, -0.05) is 26.0 Å². The summed E-state index contributed by atoms with van der Waals surface area (Å²) in [4.78, 5) is 4.14. The van der Waals surface area contributed by atoms with Crippen LogP contribution >= 0.6 is 0 Å². The topological polar surface area (TPSA) is 38.4 Å². The molecule has 0 atom stereocenters. The maximum Gasteiger partial charge on any atom is 0.0296 e. The van der Waals surface area contributed by atoms with Gasteiger partial charge in [0.2, 0.25) is 0 Å². The molecular formula is C10H18N2. The summed E-state index contributed by atoms with van der Waals surface area (Å²) in [6, 6.07) is 0. The van der Waals surface area contributed by atoms with E-state index in [4.69, 9.17) is 5.73 Å². The van der Waals surface area contributed by atoms with E-state index in [1.165, 1.54) is 0 Å². The molecule has 0 aromatic rings. The number of aliphatic imine (C=N–C) groups is 1. The Morgan fingerprint density at radius 2 is 2.33 bits per heavy atom. The summed E-state index contributed by atoms with van der Waals surface area (Å²) in [6.45, 7) is 6.46. The minimum atomic E-state index is 0.654. The lowest BCUT2D eigenvalue weighted by molar-refractivity contribution is 0.968. The molecule has 0 aromatic heterocycles. The van der Waals surface area contributed by atoms with Crippen molar-refractivity contribution in [3.8, 4) is 0 Å². The Morgan fingerprint density at radius 1 is 1.58 bits per heavy atom. The van der Waals surface area contributed by atoms with Gasteiger partial charge in [0.25, 0.3) is 0 Å². The van der Waals surface area contributed by atoms with Crippen LogP contribution in [-0.4, -0.2) is 12.8 Å². The van der Waals surface area contributed by atoms with Crippen molar-refractivity contribution in [1.29, 1.82) is 0 Å². The van der Waals surface area contributed by atoms with E-state index >= 15 is 0 Å². The van der Waals surface area contributed by atoms with Crippen molar-refractivity contribution in [2.24, 2.45) is 10.7 Å². The second-order valence-electron chi connectivity index (χ2n) is 2.57. The van der Waals surface area contributed by atoms with Crippen molar-refractivity contribution in [3.05, 3.63) is 24.4 Å². The van der Waals surface area contributed by atoms with Gasteiger partial charge in [-0.3, -0.25) is 4.99 Å². The summed E-state index contributed by atoms with van der Waals surface area (Å²) in [5.74, 6) is 0. The zero-order valence-electron chi connectivity index (χ0n) is 7.79. The first-order valence-corrected chi connectivity index (χ1v) is 4.38. The van der Waals surface area contributed by atoms with Crippen molar-refractivity contribution in [2.75, 3.05) is 6.54 Å². The SMILES string of the molecule is C=C/C(=C\N=CCCC)CCN. The van der Waals surface area contributed by atoms with E-state index in [0.29, 0.717) is 6.54 Å². The lowest BCUT2D eigenvalue weighted by atomic mass is 10.2. The quantitative estimate of drug-likeness (QED) is 0.477. The second kappa shape index (κ2) is 8.21. The van der Waals surface area contributed by atoms with Crippen LogP contribution in [0.3, 0.4) is 0 Å². The predicted molar refractivity (Wildman–Crippen MR) is 55.4 cm³/mol. The third-order valence-corrected chi connectivity index (χ3v) is 1.46. The highest BCUT2D eigenvalue weighted by atomic mass is 14.7. The highest BCUT2D eigenvalue weighted by molar-refractivity contribution is 5.58. The van der Waals surface area contributed by atoms with E-state index in [0.717, 1.165) is 24.8 Å². The molecule has 0 radical (unpaired) electrons. The van der Waals surface area contributed by atoms with Crippen molar-refractivity contribution in [3.63, 3.8) is 0 Å². The third kappa shape index (κ3) is 5.86. The van der Waals surface area contributed by atoms with E-state index in [-0.39, 0.29) is 0 Å². The van der Waals surface area contributed by atoms with Crippen LogP contribution in [0.2, 0.25) is 0 Å². The first kappa shape index (κ1) is 11.1. The van der Waals surface area contributed by atoms with Crippen LogP contribution in [0.4, 0.5) is 0 Å². The van der Waals surface area contributed by atoms with E-state index < -0.39 is 0 Å². The molecular weight excluding hydrogens is 148 g/mol. The molecule has 0 aliphatic heterocycles. The highest BCUT2D eigenvalue weighted by Crippen LogP contribution is 2.00. The van der Waals surface area contributed by atoms with Crippen LogP contribution in [0.5, 0.6) is 0 Å². The average Bonchev–Trinajstić information content (AvgIpc) is 2.10. The number of hydrogen-bond acceptors (Lipinski definition) is 2. The van der Waals surface area contributed by atoms with Crippen LogP contribution in [0.15, 0.2) is 29.4 Å². The Balaban J connectivity index is 3.83. The van der Waals surface area contributed by atoms with Crippen LogP contribution in [0.1, 0.15) is 26.2 Å². The maximum absolute atomic E-state index is 5.39. The molecule has 0 aliphatic carbocycles. The van der Waals surface area contributed by atoms with Crippen LogP contribution < -0.4 is 5.73 Å². The minimum absolute atomic E-state index is 0.654. The molecule has 0 rings (SSSR count).